The van der Waals surface area contributed by atoms with Gasteiger partial charge in [-0.1, -0.05) is 23.8 Å². The lowest BCUT2D eigenvalue weighted by Crippen LogP contribution is -2.40. The van der Waals surface area contributed by atoms with E-state index in [1.165, 1.54) is 23.8 Å². The number of carbonyl (C=O) groups is 1. The van der Waals surface area contributed by atoms with Crippen LogP contribution in [0.4, 0.5) is 0 Å². The van der Waals surface area contributed by atoms with Gasteiger partial charge in [-0.2, -0.15) is 0 Å². The van der Waals surface area contributed by atoms with Crippen LogP contribution in [-0.2, 0) is 9.53 Å². The summed E-state index contributed by atoms with van der Waals surface area (Å²) in [6.07, 6.45) is 0. The minimum absolute atomic E-state index is 0.0140. The smallest absolute Gasteiger partial charge is 0.313 e. The van der Waals surface area contributed by atoms with E-state index in [1.807, 2.05) is 27.9 Å². The Balaban J connectivity index is 3.36. The highest BCUT2D eigenvalue weighted by atomic mass is 16.5. The normalized spacial score (nSPS) is 13.5. The van der Waals surface area contributed by atoms with Gasteiger partial charge in [0.05, 0.1) is 18.6 Å². The SMILES string of the molecule is COC(=O)C(C)(C)C(c1cc(C)ccc1C)N(C)C. The summed E-state index contributed by atoms with van der Waals surface area (Å²) in [5.41, 5.74) is 2.98. The van der Waals surface area contributed by atoms with Crippen molar-refractivity contribution in [2.75, 3.05) is 21.2 Å². The minimum atomic E-state index is -0.600. The molecule has 0 amide bonds. The summed E-state index contributed by atoms with van der Waals surface area (Å²) in [5, 5.41) is 0. The number of methoxy groups -OCH3 is 1. The van der Waals surface area contributed by atoms with Crippen molar-refractivity contribution in [2.24, 2.45) is 5.41 Å². The largest absolute Gasteiger partial charge is 0.469 e. The highest BCUT2D eigenvalue weighted by Crippen LogP contribution is 2.39. The Morgan fingerprint density at radius 2 is 1.84 bits per heavy atom. The molecule has 0 aliphatic heterocycles. The zero-order valence-electron chi connectivity index (χ0n) is 13.1. The van der Waals surface area contributed by atoms with Crippen LogP contribution in [0.15, 0.2) is 18.2 Å². The molecule has 1 aromatic rings. The number of carbonyl (C=O) groups excluding carboxylic acids is 1. The lowest BCUT2D eigenvalue weighted by atomic mass is 9.78. The number of benzene rings is 1. The summed E-state index contributed by atoms with van der Waals surface area (Å²) in [7, 11) is 5.44. The standard InChI is InChI=1S/C16H25NO2/c1-11-8-9-12(2)13(10-11)14(17(5)6)16(3,4)15(18)19-7/h8-10,14H,1-7H3. The molecular formula is C16H25NO2. The molecule has 106 valence electrons. The predicted octanol–water partition coefficient (Wildman–Crippen LogP) is 3.11. The molecule has 1 rings (SSSR count). The van der Waals surface area contributed by atoms with E-state index in [1.54, 1.807) is 0 Å². The fourth-order valence-corrected chi connectivity index (χ4v) is 2.74. The zero-order chi connectivity index (χ0) is 14.8. The summed E-state index contributed by atoms with van der Waals surface area (Å²) in [5.74, 6) is -0.188. The molecule has 0 saturated carbocycles. The molecule has 3 heteroatoms. The van der Waals surface area contributed by atoms with Crippen LogP contribution in [0.5, 0.6) is 0 Å². The quantitative estimate of drug-likeness (QED) is 0.782. The Morgan fingerprint density at radius 3 is 2.32 bits per heavy atom. The van der Waals surface area contributed by atoms with Crippen LogP contribution in [-0.4, -0.2) is 32.1 Å². The number of nitrogens with zero attached hydrogens (tertiary/aromatic N) is 1. The molecular weight excluding hydrogens is 238 g/mol. The van der Waals surface area contributed by atoms with Crippen molar-refractivity contribution in [1.29, 1.82) is 0 Å². The first-order valence-electron chi connectivity index (χ1n) is 6.53. The van der Waals surface area contributed by atoms with E-state index in [-0.39, 0.29) is 12.0 Å². The van der Waals surface area contributed by atoms with Gasteiger partial charge < -0.3 is 9.64 Å². The number of esters is 1. The van der Waals surface area contributed by atoms with Gasteiger partial charge in [-0.25, -0.2) is 0 Å². The first-order chi connectivity index (χ1) is 8.71. The summed E-state index contributed by atoms with van der Waals surface area (Å²) in [6.45, 7) is 8.02. The van der Waals surface area contributed by atoms with Crippen molar-refractivity contribution in [2.45, 2.75) is 33.7 Å². The van der Waals surface area contributed by atoms with Gasteiger partial charge in [0.2, 0.25) is 0 Å². The average Bonchev–Trinajstić information content (AvgIpc) is 2.32. The highest BCUT2D eigenvalue weighted by molar-refractivity contribution is 5.77. The first-order valence-corrected chi connectivity index (χ1v) is 6.53. The Kier molecular flexibility index (Phi) is 4.75. The van der Waals surface area contributed by atoms with Gasteiger partial charge >= 0.3 is 5.97 Å². The van der Waals surface area contributed by atoms with Crippen molar-refractivity contribution in [3.63, 3.8) is 0 Å². The van der Waals surface area contributed by atoms with Crippen LogP contribution in [0.1, 0.15) is 36.6 Å². The van der Waals surface area contributed by atoms with E-state index in [0.29, 0.717) is 0 Å². The van der Waals surface area contributed by atoms with Crippen LogP contribution in [0.25, 0.3) is 0 Å². The van der Waals surface area contributed by atoms with E-state index in [2.05, 4.69) is 36.9 Å². The lowest BCUT2D eigenvalue weighted by Gasteiger charge is -2.37. The summed E-state index contributed by atoms with van der Waals surface area (Å²) in [6, 6.07) is 6.34. The first kappa shape index (κ1) is 15.7. The highest BCUT2D eigenvalue weighted by Gasteiger charge is 2.40. The summed E-state index contributed by atoms with van der Waals surface area (Å²) < 4.78 is 4.97. The second-order valence-corrected chi connectivity index (χ2v) is 5.94. The fraction of sp³-hybridized carbons (Fsp3) is 0.562. The number of aryl methyl sites for hydroxylation is 2. The molecule has 0 bridgehead atoms. The molecule has 1 unspecified atom stereocenters. The van der Waals surface area contributed by atoms with Crippen LogP contribution in [0.2, 0.25) is 0 Å². The molecule has 3 nitrogen and oxygen atoms in total. The maximum absolute atomic E-state index is 12.1. The maximum atomic E-state index is 12.1. The fourth-order valence-electron chi connectivity index (χ4n) is 2.74. The number of hydrogen-bond donors (Lipinski definition) is 0. The van der Waals surface area contributed by atoms with Crippen molar-refractivity contribution in [3.8, 4) is 0 Å². The topological polar surface area (TPSA) is 29.5 Å². The van der Waals surface area contributed by atoms with E-state index in [4.69, 9.17) is 4.74 Å². The van der Waals surface area contributed by atoms with Crippen LogP contribution >= 0.6 is 0 Å². The minimum Gasteiger partial charge on any atom is -0.469 e. The van der Waals surface area contributed by atoms with Gasteiger partial charge in [-0.05, 0) is 52.9 Å². The predicted molar refractivity (Wildman–Crippen MR) is 78.1 cm³/mol. The van der Waals surface area contributed by atoms with E-state index < -0.39 is 5.41 Å². The van der Waals surface area contributed by atoms with Crippen molar-refractivity contribution in [3.05, 3.63) is 34.9 Å². The molecule has 0 saturated heterocycles. The number of ether oxygens (including phenoxy) is 1. The monoisotopic (exact) mass is 263 g/mol. The molecule has 0 aromatic heterocycles. The molecule has 0 aliphatic rings. The Morgan fingerprint density at radius 1 is 1.26 bits per heavy atom. The molecule has 0 fully saturated rings. The van der Waals surface area contributed by atoms with Gasteiger partial charge in [0, 0.05) is 0 Å². The lowest BCUT2D eigenvalue weighted by molar-refractivity contribution is -0.154. The van der Waals surface area contributed by atoms with Crippen molar-refractivity contribution in [1.82, 2.24) is 4.90 Å². The zero-order valence-corrected chi connectivity index (χ0v) is 13.1. The molecule has 0 spiro atoms. The van der Waals surface area contributed by atoms with Crippen LogP contribution in [0.3, 0.4) is 0 Å². The van der Waals surface area contributed by atoms with Gasteiger partial charge in [0.25, 0.3) is 0 Å². The second kappa shape index (κ2) is 5.74. The molecule has 0 aliphatic carbocycles. The van der Waals surface area contributed by atoms with Crippen LogP contribution < -0.4 is 0 Å². The molecule has 1 atom stereocenters. The number of rotatable bonds is 4. The Hall–Kier alpha value is -1.35. The van der Waals surface area contributed by atoms with Crippen LogP contribution in [0, 0.1) is 19.3 Å². The molecule has 0 radical (unpaired) electrons. The van der Waals surface area contributed by atoms with E-state index >= 15 is 0 Å². The molecule has 0 N–H and O–H groups in total. The van der Waals surface area contributed by atoms with Crippen molar-refractivity contribution >= 4 is 5.97 Å². The van der Waals surface area contributed by atoms with Gasteiger partial charge in [0.1, 0.15) is 0 Å². The Labute approximate surface area is 116 Å². The van der Waals surface area contributed by atoms with Gasteiger partial charge in [-0.3, -0.25) is 4.79 Å². The van der Waals surface area contributed by atoms with Crippen molar-refractivity contribution < 1.29 is 9.53 Å². The average molecular weight is 263 g/mol. The third-order valence-electron chi connectivity index (χ3n) is 3.64. The van der Waals surface area contributed by atoms with Gasteiger partial charge in [0.15, 0.2) is 0 Å². The second-order valence-electron chi connectivity index (χ2n) is 5.94. The van der Waals surface area contributed by atoms with E-state index in [0.717, 1.165) is 0 Å². The number of hydrogen-bond acceptors (Lipinski definition) is 3. The molecule has 0 heterocycles. The third kappa shape index (κ3) is 3.16. The van der Waals surface area contributed by atoms with Gasteiger partial charge in [-0.15, -0.1) is 0 Å². The summed E-state index contributed by atoms with van der Waals surface area (Å²) >= 11 is 0. The molecule has 1 aromatic carbocycles. The maximum Gasteiger partial charge on any atom is 0.313 e. The summed E-state index contributed by atoms with van der Waals surface area (Å²) in [4.78, 5) is 14.2. The Bertz CT molecular complexity index is 464. The third-order valence-corrected chi connectivity index (χ3v) is 3.64. The van der Waals surface area contributed by atoms with E-state index in [9.17, 15) is 4.79 Å². The molecule has 19 heavy (non-hydrogen) atoms.